The molecule has 1 aromatic rings. The van der Waals surface area contributed by atoms with Crippen LogP contribution in [0, 0.1) is 0 Å². The number of piperazine rings is 1. The van der Waals surface area contributed by atoms with Gasteiger partial charge in [-0.05, 0) is 17.7 Å². The van der Waals surface area contributed by atoms with Crippen molar-refractivity contribution in [2.45, 2.75) is 6.04 Å². The van der Waals surface area contributed by atoms with Crippen LogP contribution in [-0.4, -0.2) is 37.0 Å². The second-order valence-electron chi connectivity index (χ2n) is 4.26. The van der Waals surface area contributed by atoms with Gasteiger partial charge in [-0.1, -0.05) is 29.3 Å². The van der Waals surface area contributed by atoms with Crippen LogP contribution in [0.4, 0.5) is 0 Å². The minimum Gasteiger partial charge on any atom is -0.368 e. The molecule has 0 saturated carbocycles. The van der Waals surface area contributed by atoms with Crippen LogP contribution in [0.1, 0.15) is 11.6 Å². The first kappa shape index (κ1) is 13.6. The lowest BCUT2D eigenvalue weighted by Gasteiger charge is -2.33. The summed E-state index contributed by atoms with van der Waals surface area (Å²) in [5.74, 6) is -0.365. The molecular formula is C12H15Cl2N3O. The smallest absolute Gasteiger partial charge is 0.239 e. The van der Waals surface area contributed by atoms with Crippen LogP contribution in [0.3, 0.4) is 0 Å². The highest BCUT2D eigenvalue weighted by Crippen LogP contribution is 2.28. The lowest BCUT2D eigenvalue weighted by Crippen LogP contribution is -2.48. The first-order valence-electron chi connectivity index (χ1n) is 5.78. The van der Waals surface area contributed by atoms with Gasteiger partial charge in [0.05, 0.1) is 10.0 Å². The van der Waals surface area contributed by atoms with E-state index in [2.05, 4.69) is 10.2 Å². The van der Waals surface area contributed by atoms with E-state index in [1.807, 2.05) is 0 Å². The molecule has 1 unspecified atom stereocenters. The molecular weight excluding hydrogens is 273 g/mol. The molecule has 18 heavy (non-hydrogen) atoms. The summed E-state index contributed by atoms with van der Waals surface area (Å²) < 4.78 is 0. The molecule has 0 spiro atoms. The zero-order chi connectivity index (χ0) is 13.1. The van der Waals surface area contributed by atoms with Crippen LogP contribution in [-0.2, 0) is 4.79 Å². The lowest BCUT2D eigenvalue weighted by molar-refractivity contribution is -0.123. The molecule has 1 heterocycles. The van der Waals surface area contributed by atoms with Crippen LogP contribution in [0.15, 0.2) is 18.2 Å². The third-order valence-corrected chi connectivity index (χ3v) is 3.78. The number of primary amides is 1. The Hall–Kier alpha value is -0.810. The van der Waals surface area contributed by atoms with Gasteiger partial charge in [-0.25, -0.2) is 0 Å². The van der Waals surface area contributed by atoms with E-state index in [-0.39, 0.29) is 5.91 Å². The van der Waals surface area contributed by atoms with Gasteiger partial charge in [0.25, 0.3) is 0 Å². The number of hydrogen-bond acceptors (Lipinski definition) is 3. The van der Waals surface area contributed by atoms with E-state index >= 15 is 0 Å². The number of amides is 1. The number of nitrogens with two attached hydrogens (primary N) is 1. The molecule has 98 valence electrons. The molecule has 1 saturated heterocycles. The fourth-order valence-corrected chi connectivity index (χ4v) is 2.48. The summed E-state index contributed by atoms with van der Waals surface area (Å²) >= 11 is 11.9. The lowest BCUT2D eigenvalue weighted by atomic mass is 10.0. The number of carbonyl (C=O) groups is 1. The summed E-state index contributed by atoms with van der Waals surface area (Å²) in [6.45, 7) is 3.28. The minimum absolute atomic E-state index is 0.365. The standard InChI is InChI=1S/C12H15Cl2N3O/c13-9-2-1-8(7-10(9)14)11(12(15)18)17-5-3-16-4-6-17/h1-2,7,11,16H,3-6H2,(H2,15,18). The molecule has 1 aliphatic rings. The first-order chi connectivity index (χ1) is 8.59. The van der Waals surface area contributed by atoms with Gasteiger partial charge in [0, 0.05) is 26.2 Å². The number of rotatable bonds is 3. The predicted octanol–water partition coefficient (Wildman–Crippen LogP) is 1.43. The molecule has 0 aliphatic carbocycles. The fraction of sp³-hybridized carbons (Fsp3) is 0.417. The van der Waals surface area contributed by atoms with Crippen molar-refractivity contribution in [2.75, 3.05) is 26.2 Å². The van der Waals surface area contributed by atoms with Gasteiger partial charge in [-0.2, -0.15) is 0 Å². The molecule has 3 N–H and O–H groups in total. The van der Waals surface area contributed by atoms with Crippen molar-refractivity contribution in [3.05, 3.63) is 33.8 Å². The van der Waals surface area contributed by atoms with Crippen molar-refractivity contribution in [3.63, 3.8) is 0 Å². The highest BCUT2D eigenvalue weighted by atomic mass is 35.5. The Balaban J connectivity index is 2.28. The number of hydrogen-bond donors (Lipinski definition) is 2. The second-order valence-corrected chi connectivity index (χ2v) is 5.08. The van der Waals surface area contributed by atoms with E-state index < -0.39 is 6.04 Å². The largest absolute Gasteiger partial charge is 0.368 e. The molecule has 0 radical (unpaired) electrons. The first-order valence-corrected chi connectivity index (χ1v) is 6.54. The highest BCUT2D eigenvalue weighted by molar-refractivity contribution is 6.42. The highest BCUT2D eigenvalue weighted by Gasteiger charge is 2.27. The van der Waals surface area contributed by atoms with Crippen LogP contribution in [0.25, 0.3) is 0 Å². The summed E-state index contributed by atoms with van der Waals surface area (Å²) in [6, 6.07) is 4.76. The Morgan fingerprint density at radius 2 is 1.94 bits per heavy atom. The maximum absolute atomic E-state index is 11.7. The molecule has 0 bridgehead atoms. The number of benzene rings is 1. The van der Waals surface area contributed by atoms with E-state index in [0.29, 0.717) is 10.0 Å². The van der Waals surface area contributed by atoms with Crippen molar-refractivity contribution >= 4 is 29.1 Å². The molecule has 1 aliphatic heterocycles. The molecule has 2 rings (SSSR count). The van der Waals surface area contributed by atoms with Gasteiger partial charge in [-0.3, -0.25) is 9.69 Å². The number of nitrogens with one attached hydrogen (secondary N) is 1. The summed E-state index contributed by atoms with van der Waals surface area (Å²) in [6.07, 6.45) is 0. The average molecular weight is 288 g/mol. The van der Waals surface area contributed by atoms with Crippen molar-refractivity contribution < 1.29 is 4.79 Å². The van der Waals surface area contributed by atoms with Gasteiger partial charge in [0.2, 0.25) is 5.91 Å². The average Bonchev–Trinajstić information content (AvgIpc) is 2.35. The zero-order valence-electron chi connectivity index (χ0n) is 9.83. The van der Waals surface area contributed by atoms with Crippen LogP contribution in [0.5, 0.6) is 0 Å². The Bertz CT molecular complexity index is 447. The number of carbonyl (C=O) groups excluding carboxylic acids is 1. The summed E-state index contributed by atoms with van der Waals surface area (Å²) in [5, 5.41) is 4.16. The Morgan fingerprint density at radius 1 is 1.28 bits per heavy atom. The third kappa shape index (κ3) is 2.95. The maximum Gasteiger partial charge on any atom is 0.239 e. The monoisotopic (exact) mass is 287 g/mol. The van der Waals surface area contributed by atoms with Gasteiger partial charge in [-0.15, -0.1) is 0 Å². The SMILES string of the molecule is NC(=O)C(c1ccc(Cl)c(Cl)c1)N1CCNCC1. The molecule has 1 fully saturated rings. The molecule has 1 amide bonds. The molecule has 0 aromatic heterocycles. The van der Waals surface area contributed by atoms with E-state index in [4.69, 9.17) is 28.9 Å². The maximum atomic E-state index is 11.7. The van der Waals surface area contributed by atoms with Gasteiger partial charge in [0.15, 0.2) is 0 Å². The number of nitrogens with zero attached hydrogens (tertiary/aromatic N) is 1. The quantitative estimate of drug-likeness (QED) is 0.884. The van der Waals surface area contributed by atoms with E-state index in [0.717, 1.165) is 31.7 Å². The van der Waals surface area contributed by atoms with Crippen molar-refractivity contribution in [1.29, 1.82) is 0 Å². The van der Waals surface area contributed by atoms with Crippen LogP contribution < -0.4 is 11.1 Å². The minimum atomic E-state index is -0.443. The van der Waals surface area contributed by atoms with E-state index in [1.54, 1.807) is 18.2 Å². The molecule has 4 nitrogen and oxygen atoms in total. The Labute approximate surface area is 116 Å². The fourth-order valence-electron chi connectivity index (χ4n) is 2.18. The van der Waals surface area contributed by atoms with E-state index in [1.165, 1.54) is 0 Å². The third-order valence-electron chi connectivity index (χ3n) is 3.05. The second kappa shape index (κ2) is 5.89. The normalized spacial score (nSPS) is 18.6. The molecule has 6 heteroatoms. The van der Waals surface area contributed by atoms with Gasteiger partial charge < -0.3 is 11.1 Å². The van der Waals surface area contributed by atoms with Crippen molar-refractivity contribution in [1.82, 2.24) is 10.2 Å². The van der Waals surface area contributed by atoms with Gasteiger partial charge >= 0.3 is 0 Å². The molecule has 1 aromatic carbocycles. The predicted molar refractivity (Wildman–Crippen MR) is 72.8 cm³/mol. The Morgan fingerprint density at radius 3 is 2.50 bits per heavy atom. The topological polar surface area (TPSA) is 58.4 Å². The van der Waals surface area contributed by atoms with E-state index in [9.17, 15) is 4.79 Å². The van der Waals surface area contributed by atoms with Crippen LogP contribution in [0.2, 0.25) is 10.0 Å². The Kier molecular flexibility index (Phi) is 4.45. The molecule has 1 atom stereocenters. The number of halogens is 2. The van der Waals surface area contributed by atoms with Crippen LogP contribution >= 0.6 is 23.2 Å². The summed E-state index contributed by atoms with van der Waals surface area (Å²) in [7, 11) is 0. The summed E-state index contributed by atoms with van der Waals surface area (Å²) in [5.41, 5.74) is 6.30. The zero-order valence-corrected chi connectivity index (χ0v) is 11.3. The van der Waals surface area contributed by atoms with Gasteiger partial charge in [0.1, 0.15) is 6.04 Å². The van der Waals surface area contributed by atoms with Crippen molar-refractivity contribution in [3.8, 4) is 0 Å². The summed E-state index contributed by atoms with van der Waals surface area (Å²) in [4.78, 5) is 13.7. The van der Waals surface area contributed by atoms with Crippen molar-refractivity contribution in [2.24, 2.45) is 5.73 Å².